The maximum Gasteiger partial charge on any atom is 0.336 e. The normalized spacial score (nSPS) is 12.1. The SMILES string of the molecule is Cl.Cl.N[C@@H](CSSC[C@H](N)C(=O)OCc1cc(=O)oc2cc(O)ccc12)C(=O)OCc1cc(=O)oc2cc(O)ccc12. The van der Waals surface area contributed by atoms with Gasteiger partial charge in [0.2, 0.25) is 0 Å². The summed E-state index contributed by atoms with van der Waals surface area (Å²) in [6.45, 7) is -0.429. The lowest BCUT2D eigenvalue weighted by Crippen LogP contribution is -2.35. The Balaban J connectivity index is 0.00000308. The van der Waals surface area contributed by atoms with Crippen LogP contribution in [-0.2, 0) is 32.3 Å². The van der Waals surface area contributed by atoms with E-state index < -0.39 is 35.3 Å². The molecular formula is C26H26Cl2N2O10S2. The first-order chi connectivity index (χ1) is 19.1. The number of aromatic hydroxyl groups is 2. The Bertz CT molecular complexity index is 1560. The van der Waals surface area contributed by atoms with Crippen LogP contribution in [0.4, 0.5) is 0 Å². The van der Waals surface area contributed by atoms with Crippen molar-refractivity contribution in [2.45, 2.75) is 25.3 Å². The van der Waals surface area contributed by atoms with Gasteiger partial charge < -0.3 is 40.0 Å². The van der Waals surface area contributed by atoms with Gasteiger partial charge in [0.15, 0.2) is 0 Å². The van der Waals surface area contributed by atoms with Gasteiger partial charge >= 0.3 is 23.2 Å². The van der Waals surface area contributed by atoms with Crippen molar-refractivity contribution in [1.82, 2.24) is 0 Å². The highest BCUT2D eigenvalue weighted by Crippen LogP contribution is 2.25. The minimum atomic E-state index is -0.978. The molecule has 226 valence electrons. The topological polar surface area (TPSA) is 206 Å². The van der Waals surface area contributed by atoms with E-state index in [0.29, 0.717) is 21.9 Å². The predicted octanol–water partition coefficient (Wildman–Crippen LogP) is 2.98. The Hall–Kier alpha value is -3.40. The molecule has 2 aromatic carbocycles. The van der Waals surface area contributed by atoms with Gasteiger partial charge in [0, 0.05) is 57.7 Å². The van der Waals surface area contributed by atoms with Gasteiger partial charge in [-0.25, -0.2) is 9.59 Å². The van der Waals surface area contributed by atoms with Gasteiger partial charge in [0.1, 0.15) is 48.0 Å². The summed E-state index contributed by atoms with van der Waals surface area (Å²) in [4.78, 5) is 48.2. The smallest absolute Gasteiger partial charge is 0.336 e. The summed E-state index contributed by atoms with van der Waals surface area (Å²) < 4.78 is 20.6. The van der Waals surface area contributed by atoms with E-state index >= 15 is 0 Å². The molecule has 2 atom stereocenters. The van der Waals surface area contributed by atoms with Crippen LogP contribution in [0.15, 0.2) is 67.0 Å². The minimum Gasteiger partial charge on any atom is -0.508 e. The lowest BCUT2D eigenvalue weighted by molar-refractivity contribution is -0.146. The van der Waals surface area contributed by atoms with E-state index in [0.717, 1.165) is 0 Å². The zero-order valence-electron chi connectivity index (χ0n) is 21.6. The van der Waals surface area contributed by atoms with Crippen LogP contribution >= 0.6 is 46.4 Å². The van der Waals surface area contributed by atoms with E-state index in [9.17, 15) is 29.4 Å². The van der Waals surface area contributed by atoms with Crippen LogP contribution in [0, 0.1) is 0 Å². The Kier molecular flexibility index (Phi) is 13.0. The molecule has 0 radical (unpaired) electrons. The highest BCUT2D eigenvalue weighted by Gasteiger charge is 2.20. The molecule has 2 aromatic heterocycles. The number of carbonyl (C=O) groups is 2. The summed E-state index contributed by atoms with van der Waals surface area (Å²) in [5.74, 6) is -1.20. The van der Waals surface area contributed by atoms with Crippen molar-refractivity contribution in [3.63, 3.8) is 0 Å². The summed E-state index contributed by atoms with van der Waals surface area (Å²) in [7, 11) is 2.43. The molecule has 42 heavy (non-hydrogen) atoms. The van der Waals surface area contributed by atoms with Gasteiger partial charge in [-0.2, -0.15) is 0 Å². The lowest BCUT2D eigenvalue weighted by atomic mass is 10.1. The van der Waals surface area contributed by atoms with Gasteiger partial charge in [-0.3, -0.25) is 9.59 Å². The van der Waals surface area contributed by atoms with Crippen molar-refractivity contribution < 1.29 is 38.1 Å². The van der Waals surface area contributed by atoms with Crippen LogP contribution in [-0.4, -0.2) is 45.7 Å². The fraction of sp³-hybridized carbons (Fsp3) is 0.231. The maximum absolute atomic E-state index is 12.3. The van der Waals surface area contributed by atoms with Crippen molar-refractivity contribution >= 4 is 80.3 Å². The number of benzene rings is 2. The molecule has 16 heteroatoms. The summed E-state index contributed by atoms with van der Waals surface area (Å²) in [5.41, 5.74) is 11.6. The van der Waals surface area contributed by atoms with Gasteiger partial charge in [-0.15, -0.1) is 24.8 Å². The number of rotatable bonds is 11. The predicted molar refractivity (Wildman–Crippen MR) is 163 cm³/mol. The number of hydrogen-bond donors (Lipinski definition) is 4. The van der Waals surface area contributed by atoms with Crippen molar-refractivity contribution in [3.05, 3.63) is 80.5 Å². The van der Waals surface area contributed by atoms with Crippen LogP contribution in [0.3, 0.4) is 0 Å². The van der Waals surface area contributed by atoms with Crippen LogP contribution in [0.5, 0.6) is 11.5 Å². The first kappa shape index (κ1) is 34.8. The zero-order valence-corrected chi connectivity index (χ0v) is 24.8. The van der Waals surface area contributed by atoms with Crippen molar-refractivity contribution in [2.24, 2.45) is 11.5 Å². The highest BCUT2D eigenvalue weighted by atomic mass is 35.5. The Morgan fingerprint density at radius 2 is 1.10 bits per heavy atom. The van der Waals surface area contributed by atoms with Crippen molar-refractivity contribution in [2.75, 3.05) is 11.5 Å². The van der Waals surface area contributed by atoms with Crippen LogP contribution in [0.1, 0.15) is 11.1 Å². The number of fused-ring (bicyclic) bond motifs is 2. The first-order valence-electron chi connectivity index (χ1n) is 11.7. The number of ether oxygens (including phenoxy) is 2. The standard InChI is InChI=1S/C26H24N2O10S2.2ClH/c27-19(25(33)35-9-13-5-23(31)37-21-7-15(29)1-3-17(13)21)11-39-40-12-20(28)26(34)36-10-14-6-24(32)38-22-8-16(30)2-4-18(14)22;;/h1-8,19-20,29-30H,9-12,27-28H2;2*1H/t19-,20-;;/m0../s1. The van der Waals surface area contributed by atoms with E-state index in [2.05, 4.69) is 0 Å². The number of nitrogens with two attached hydrogens (primary N) is 2. The van der Waals surface area contributed by atoms with Crippen LogP contribution < -0.4 is 22.7 Å². The number of hydrogen-bond acceptors (Lipinski definition) is 14. The molecule has 0 unspecified atom stereocenters. The fourth-order valence-electron chi connectivity index (χ4n) is 3.57. The Labute approximate surface area is 257 Å². The average Bonchev–Trinajstić information content (AvgIpc) is 2.91. The molecule has 0 saturated carbocycles. The van der Waals surface area contributed by atoms with Gasteiger partial charge in [0.05, 0.1) is 0 Å². The van der Waals surface area contributed by atoms with E-state index in [1.165, 1.54) is 58.0 Å². The van der Waals surface area contributed by atoms with E-state index in [4.69, 9.17) is 29.8 Å². The first-order valence-corrected chi connectivity index (χ1v) is 14.2. The van der Waals surface area contributed by atoms with Crippen molar-refractivity contribution in [1.29, 1.82) is 0 Å². The Morgan fingerprint density at radius 3 is 1.48 bits per heavy atom. The summed E-state index contributed by atoms with van der Waals surface area (Å²) in [6.07, 6.45) is 0. The molecule has 6 N–H and O–H groups in total. The number of halogens is 2. The molecule has 4 rings (SSSR count). The summed E-state index contributed by atoms with van der Waals surface area (Å²) in [5, 5.41) is 20.2. The maximum atomic E-state index is 12.3. The van der Waals surface area contributed by atoms with Gasteiger partial charge in [-0.05, 0) is 24.3 Å². The third-order valence-electron chi connectivity index (χ3n) is 5.55. The molecule has 0 aliphatic carbocycles. The lowest BCUT2D eigenvalue weighted by Gasteiger charge is -2.13. The quantitative estimate of drug-likeness (QED) is 0.0790. The molecular weight excluding hydrogens is 635 g/mol. The highest BCUT2D eigenvalue weighted by molar-refractivity contribution is 8.76. The largest absolute Gasteiger partial charge is 0.508 e. The van der Waals surface area contributed by atoms with E-state index in [1.54, 1.807) is 12.1 Å². The van der Waals surface area contributed by atoms with Crippen molar-refractivity contribution in [3.8, 4) is 11.5 Å². The fourth-order valence-corrected chi connectivity index (χ4v) is 5.78. The molecule has 0 aliphatic heterocycles. The molecule has 0 fully saturated rings. The average molecular weight is 662 g/mol. The molecule has 0 bridgehead atoms. The number of phenolic OH excluding ortho intramolecular Hbond substituents is 2. The summed E-state index contributed by atoms with van der Waals surface area (Å²) >= 11 is 0. The summed E-state index contributed by atoms with van der Waals surface area (Å²) in [6, 6.07) is 8.94. The number of phenols is 2. The van der Waals surface area contributed by atoms with Crippen LogP contribution in [0.25, 0.3) is 21.9 Å². The minimum absolute atomic E-state index is 0. The molecule has 2 heterocycles. The molecule has 0 aliphatic rings. The van der Waals surface area contributed by atoms with Crippen LogP contribution in [0.2, 0.25) is 0 Å². The molecule has 12 nitrogen and oxygen atoms in total. The molecule has 4 aromatic rings. The van der Waals surface area contributed by atoms with E-state index in [1.807, 2.05) is 0 Å². The van der Waals surface area contributed by atoms with Gasteiger partial charge in [0.25, 0.3) is 0 Å². The Morgan fingerprint density at radius 1 is 0.714 bits per heavy atom. The second-order valence-electron chi connectivity index (χ2n) is 8.54. The second-order valence-corrected chi connectivity index (χ2v) is 11.1. The molecule has 0 amide bonds. The third kappa shape index (κ3) is 9.05. The second kappa shape index (κ2) is 15.7. The molecule has 0 saturated heterocycles. The van der Waals surface area contributed by atoms with Gasteiger partial charge in [-0.1, -0.05) is 21.6 Å². The zero-order chi connectivity index (χ0) is 28.8. The third-order valence-corrected chi connectivity index (χ3v) is 8.03. The monoisotopic (exact) mass is 660 g/mol. The molecule has 0 spiro atoms. The number of esters is 2. The van der Waals surface area contributed by atoms with E-state index in [-0.39, 0.29) is 72.2 Å². The number of carbonyl (C=O) groups excluding carboxylic acids is 2.